The van der Waals surface area contributed by atoms with Crippen LogP contribution in [-0.4, -0.2) is 17.0 Å². The van der Waals surface area contributed by atoms with E-state index in [2.05, 4.69) is 5.32 Å². The normalized spacial score (nSPS) is 28.8. The second kappa shape index (κ2) is 5.40. The van der Waals surface area contributed by atoms with Gasteiger partial charge >= 0.3 is 12.1 Å². The average molecular weight is 325 g/mol. The summed E-state index contributed by atoms with van der Waals surface area (Å²) in [5.41, 5.74) is -0.848. The molecule has 0 radical (unpaired) electrons. The number of rotatable bonds is 3. The topological polar surface area (TPSA) is 66.4 Å². The van der Waals surface area contributed by atoms with Gasteiger partial charge < -0.3 is 10.4 Å². The van der Waals surface area contributed by atoms with E-state index in [0.29, 0.717) is 6.42 Å². The van der Waals surface area contributed by atoms with Crippen molar-refractivity contribution in [3.8, 4) is 0 Å². The first-order valence-electron chi connectivity index (χ1n) is 7.16. The summed E-state index contributed by atoms with van der Waals surface area (Å²) < 4.78 is 38.1. The summed E-state index contributed by atoms with van der Waals surface area (Å²) in [6.07, 6.45) is -0.283. The van der Waals surface area contributed by atoms with E-state index in [1.165, 1.54) is 12.1 Å². The minimum atomic E-state index is -4.50. The summed E-state index contributed by atoms with van der Waals surface area (Å²) in [4.78, 5) is 23.8. The molecular formula is C16H14F3NO3. The molecule has 0 saturated heterocycles. The SMILES string of the molecule is O=C(Nc1cccc(C(F)(F)F)c1)[C@@H]1C2C=CC(C2)[C@@H]1C(=O)O. The first kappa shape index (κ1) is 15.6. The average Bonchev–Trinajstić information content (AvgIpc) is 3.07. The predicted molar refractivity (Wildman–Crippen MR) is 75.4 cm³/mol. The maximum absolute atomic E-state index is 12.7. The number of amides is 1. The lowest BCUT2D eigenvalue weighted by atomic mass is 9.82. The molecule has 0 aliphatic heterocycles. The van der Waals surface area contributed by atoms with E-state index in [1.54, 1.807) is 6.08 Å². The molecule has 2 aliphatic carbocycles. The Labute approximate surface area is 130 Å². The largest absolute Gasteiger partial charge is 0.481 e. The van der Waals surface area contributed by atoms with E-state index < -0.39 is 35.5 Å². The number of aliphatic carboxylic acids is 1. The molecule has 1 saturated carbocycles. The molecule has 0 heterocycles. The number of hydrogen-bond donors (Lipinski definition) is 2. The predicted octanol–water partition coefficient (Wildman–Crippen LogP) is 3.17. The number of fused-ring (bicyclic) bond motifs is 2. The van der Waals surface area contributed by atoms with Gasteiger partial charge in [-0.2, -0.15) is 13.2 Å². The van der Waals surface area contributed by atoms with Crippen molar-refractivity contribution in [2.24, 2.45) is 23.7 Å². The smallest absolute Gasteiger partial charge is 0.416 e. The van der Waals surface area contributed by atoms with Gasteiger partial charge in [0.2, 0.25) is 5.91 Å². The summed E-state index contributed by atoms with van der Waals surface area (Å²) in [6.45, 7) is 0. The van der Waals surface area contributed by atoms with Crippen LogP contribution in [0.3, 0.4) is 0 Å². The maximum Gasteiger partial charge on any atom is 0.416 e. The van der Waals surface area contributed by atoms with Gasteiger partial charge in [-0.3, -0.25) is 9.59 Å². The summed E-state index contributed by atoms with van der Waals surface area (Å²) in [7, 11) is 0. The third-order valence-electron chi connectivity index (χ3n) is 4.50. The molecule has 1 amide bonds. The van der Waals surface area contributed by atoms with Gasteiger partial charge in [0.15, 0.2) is 0 Å². The lowest BCUT2D eigenvalue weighted by Gasteiger charge is -2.24. The van der Waals surface area contributed by atoms with Crippen LogP contribution in [0.2, 0.25) is 0 Å². The Bertz CT molecular complexity index is 683. The van der Waals surface area contributed by atoms with Gasteiger partial charge in [-0.15, -0.1) is 0 Å². The van der Waals surface area contributed by atoms with E-state index >= 15 is 0 Å². The van der Waals surface area contributed by atoms with Crippen LogP contribution in [0.4, 0.5) is 18.9 Å². The zero-order valence-corrected chi connectivity index (χ0v) is 11.9. The van der Waals surface area contributed by atoms with Crippen molar-refractivity contribution in [1.29, 1.82) is 0 Å². The summed E-state index contributed by atoms with van der Waals surface area (Å²) in [6, 6.07) is 4.31. The third-order valence-corrected chi connectivity index (χ3v) is 4.50. The van der Waals surface area contributed by atoms with E-state index in [0.717, 1.165) is 12.1 Å². The van der Waals surface area contributed by atoms with Crippen molar-refractivity contribution < 1.29 is 27.9 Å². The number of carbonyl (C=O) groups is 2. The highest BCUT2D eigenvalue weighted by molar-refractivity contribution is 5.96. The van der Waals surface area contributed by atoms with Crippen molar-refractivity contribution in [3.63, 3.8) is 0 Å². The lowest BCUT2D eigenvalue weighted by molar-refractivity contribution is -0.146. The molecule has 2 aliphatic rings. The number of hydrogen-bond acceptors (Lipinski definition) is 2. The molecule has 4 nitrogen and oxygen atoms in total. The van der Waals surface area contributed by atoms with Gasteiger partial charge in [-0.25, -0.2) is 0 Å². The fourth-order valence-electron chi connectivity index (χ4n) is 3.52. The van der Waals surface area contributed by atoms with Crippen molar-refractivity contribution >= 4 is 17.6 Å². The van der Waals surface area contributed by atoms with E-state index in [-0.39, 0.29) is 17.5 Å². The van der Waals surface area contributed by atoms with E-state index in [9.17, 15) is 27.9 Å². The van der Waals surface area contributed by atoms with Gasteiger partial charge in [-0.05, 0) is 36.5 Å². The molecule has 4 atom stereocenters. The Morgan fingerprint density at radius 2 is 1.78 bits per heavy atom. The fourth-order valence-corrected chi connectivity index (χ4v) is 3.52. The minimum Gasteiger partial charge on any atom is -0.481 e. The van der Waals surface area contributed by atoms with Crippen LogP contribution in [0, 0.1) is 23.7 Å². The van der Waals surface area contributed by atoms with Gasteiger partial charge in [0.25, 0.3) is 0 Å². The molecule has 7 heteroatoms. The number of alkyl halides is 3. The highest BCUT2D eigenvalue weighted by atomic mass is 19.4. The van der Waals surface area contributed by atoms with E-state index in [1.807, 2.05) is 6.08 Å². The number of allylic oxidation sites excluding steroid dienone is 2. The highest BCUT2D eigenvalue weighted by Crippen LogP contribution is 2.48. The summed E-state index contributed by atoms with van der Waals surface area (Å²) in [5, 5.41) is 11.7. The Balaban J connectivity index is 1.80. The van der Waals surface area contributed by atoms with Crippen LogP contribution in [0.25, 0.3) is 0 Å². The van der Waals surface area contributed by atoms with Crippen LogP contribution in [-0.2, 0) is 15.8 Å². The first-order valence-corrected chi connectivity index (χ1v) is 7.16. The van der Waals surface area contributed by atoms with E-state index in [4.69, 9.17) is 0 Å². The van der Waals surface area contributed by atoms with Crippen LogP contribution >= 0.6 is 0 Å². The van der Waals surface area contributed by atoms with Crippen LogP contribution < -0.4 is 5.32 Å². The molecule has 2 bridgehead atoms. The van der Waals surface area contributed by atoms with Crippen molar-refractivity contribution in [2.75, 3.05) is 5.32 Å². The maximum atomic E-state index is 12.7. The van der Waals surface area contributed by atoms with Crippen LogP contribution in [0.5, 0.6) is 0 Å². The highest BCUT2D eigenvalue weighted by Gasteiger charge is 2.51. The second-order valence-corrected chi connectivity index (χ2v) is 5.91. The summed E-state index contributed by atoms with van der Waals surface area (Å²) in [5.74, 6) is -3.53. The molecular weight excluding hydrogens is 311 g/mol. The Hall–Kier alpha value is -2.31. The molecule has 23 heavy (non-hydrogen) atoms. The zero-order chi connectivity index (χ0) is 16.8. The van der Waals surface area contributed by atoms with Gasteiger partial charge in [-0.1, -0.05) is 18.2 Å². The monoisotopic (exact) mass is 325 g/mol. The standard InChI is InChI=1S/C16H14F3NO3/c17-16(18,19)10-2-1-3-11(7-10)20-14(21)12-8-4-5-9(6-8)13(12)15(22)23/h1-5,7-9,12-13H,6H2,(H,20,21)(H,22,23)/t8?,9?,12-,13+/m1/s1. The summed E-state index contributed by atoms with van der Waals surface area (Å²) >= 11 is 0. The second-order valence-electron chi connectivity index (χ2n) is 5.91. The number of carbonyl (C=O) groups excluding carboxylic acids is 1. The van der Waals surface area contributed by atoms with Gasteiger partial charge in [0, 0.05) is 5.69 Å². The molecule has 0 aromatic heterocycles. The van der Waals surface area contributed by atoms with Crippen molar-refractivity contribution in [1.82, 2.24) is 0 Å². The van der Waals surface area contributed by atoms with Gasteiger partial charge in [0.1, 0.15) is 0 Å². The minimum absolute atomic E-state index is 0.0146. The Morgan fingerprint density at radius 1 is 1.13 bits per heavy atom. The molecule has 2 unspecified atom stereocenters. The van der Waals surface area contributed by atoms with Crippen molar-refractivity contribution in [2.45, 2.75) is 12.6 Å². The number of halogens is 3. The number of nitrogens with one attached hydrogen (secondary N) is 1. The van der Waals surface area contributed by atoms with Crippen LogP contribution in [0.1, 0.15) is 12.0 Å². The lowest BCUT2D eigenvalue weighted by Crippen LogP contribution is -2.36. The Morgan fingerprint density at radius 3 is 2.39 bits per heavy atom. The zero-order valence-electron chi connectivity index (χ0n) is 11.9. The molecule has 0 spiro atoms. The number of carboxylic acid groups (broad SMARTS) is 1. The number of benzene rings is 1. The molecule has 3 rings (SSSR count). The molecule has 1 aromatic rings. The molecule has 2 N–H and O–H groups in total. The number of anilines is 1. The first-order chi connectivity index (χ1) is 10.8. The number of carboxylic acids is 1. The molecule has 1 fully saturated rings. The van der Waals surface area contributed by atoms with Crippen LogP contribution in [0.15, 0.2) is 36.4 Å². The molecule has 122 valence electrons. The van der Waals surface area contributed by atoms with Gasteiger partial charge in [0.05, 0.1) is 17.4 Å². The fraction of sp³-hybridized carbons (Fsp3) is 0.375. The third kappa shape index (κ3) is 2.83. The van der Waals surface area contributed by atoms with Crippen molar-refractivity contribution in [3.05, 3.63) is 42.0 Å². The Kier molecular flexibility index (Phi) is 3.66. The quantitative estimate of drug-likeness (QED) is 0.839. The molecule has 1 aromatic carbocycles.